The van der Waals surface area contributed by atoms with Gasteiger partial charge in [0.1, 0.15) is 17.2 Å². The predicted octanol–water partition coefficient (Wildman–Crippen LogP) is 5.34. The van der Waals surface area contributed by atoms with Crippen LogP contribution in [0, 0.1) is 0 Å². The van der Waals surface area contributed by atoms with Crippen LogP contribution in [0.4, 0.5) is 5.69 Å². The molecule has 2 rings (SSSR count). The fourth-order valence-electron chi connectivity index (χ4n) is 2.33. The number of rotatable bonds is 10. The monoisotopic (exact) mass is 389 g/mol. The minimum atomic E-state index is -0.124. The number of carbonyl (C=O) groups is 1. The Morgan fingerprint density at radius 2 is 1.81 bits per heavy atom. The summed E-state index contributed by atoms with van der Waals surface area (Å²) in [5, 5.41) is 3.46. The zero-order valence-electron chi connectivity index (χ0n) is 15.8. The molecule has 2 aromatic rings. The summed E-state index contributed by atoms with van der Waals surface area (Å²) < 4.78 is 16.1. The smallest absolute Gasteiger partial charge is 0.187 e. The molecule has 0 spiro atoms. The Balaban J connectivity index is 2.00. The first kappa shape index (κ1) is 20.6. The molecule has 0 amide bonds. The minimum absolute atomic E-state index is 0.124. The molecule has 0 saturated carbocycles. The quantitative estimate of drug-likeness (QED) is 0.337. The number of ether oxygens (including phenoxy) is 3. The lowest BCUT2D eigenvalue weighted by Gasteiger charge is -2.11. The van der Waals surface area contributed by atoms with Crippen molar-refractivity contribution < 1.29 is 19.0 Å². The second-order valence-corrected chi connectivity index (χ2v) is 6.16. The first-order valence-corrected chi connectivity index (χ1v) is 9.08. The zero-order chi connectivity index (χ0) is 19.6. The second kappa shape index (κ2) is 10.5. The topological polar surface area (TPSA) is 56.8 Å². The molecule has 0 unspecified atom stereocenters. The van der Waals surface area contributed by atoms with Crippen molar-refractivity contribution in [3.8, 4) is 17.2 Å². The molecular formula is C21H24ClNO4. The lowest BCUT2D eigenvalue weighted by Crippen LogP contribution is -1.99. The average Bonchev–Trinajstić information content (AvgIpc) is 2.69. The van der Waals surface area contributed by atoms with Gasteiger partial charge in [0.25, 0.3) is 0 Å². The number of anilines is 1. The summed E-state index contributed by atoms with van der Waals surface area (Å²) in [5.41, 5.74) is 1.21. The fourth-order valence-corrected chi connectivity index (χ4v) is 2.57. The molecule has 27 heavy (non-hydrogen) atoms. The SMILES string of the molecule is CCCCOc1ccc(C(=O)/C=C/Nc2cc(Cl)c(OC)cc2OC)cc1. The zero-order valence-corrected chi connectivity index (χ0v) is 16.5. The third-order valence-electron chi connectivity index (χ3n) is 3.85. The van der Waals surface area contributed by atoms with Crippen molar-refractivity contribution in [1.82, 2.24) is 0 Å². The van der Waals surface area contributed by atoms with E-state index in [-0.39, 0.29) is 5.78 Å². The van der Waals surface area contributed by atoms with E-state index in [4.69, 9.17) is 25.8 Å². The number of allylic oxidation sites excluding steroid dienone is 1. The molecule has 5 nitrogen and oxygen atoms in total. The molecule has 0 aromatic heterocycles. The van der Waals surface area contributed by atoms with Gasteiger partial charge in [-0.2, -0.15) is 0 Å². The van der Waals surface area contributed by atoms with Gasteiger partial charge in [0.15, 0.2) is 5.78 Å². The van der Waals surface area contributed by atoms with Crippen LogP contribution < -0.4 is 19.5 Å². The molecule has 2 aromatic carbocycles. The van der Waals surface area contributed by atoms with Crippen LogP contribution in [0.2, 0.25) is 5.02 Å². The molecule has 0 aliphatic rings. The van der Waals surface area contributed by atoms with Crippen LogP contribution in [0.1, 0.15) is 30.1 Å². The van der Waals surface area contributed by atoms with E-state index in [1.807, 2.05) is 0 Å². The highest BCUT2D eigenvalue weighted by molar-refractivity contribution is 6.32. The molecule has 0 heterocycles. The van der Waals surface area contributed by atoms with Gasteiger partial charge < -0.3 is 19.5 Å². The number of ketones is 1. The maximum absolute atomic E-state index is 12.3. The highest BCUT2D eigenvalue weighted by atomic mass is 35.5. The van der Waals surface area contributed by atoms with Crippen LogP contribution in [-0.4, -0.2) is 26.6 Å². The van der Waals surface area contributed by atoms with Gasteiger partial charge in [-0.05, 0) is 36.8 Å². The average molecular weight is 390 g/mol. The largest absolute Gasteiger partial charge is 0.495 e. The molecule has 0 atom stereocenters. The lowest BCUT2D eigenvalue weighted by atomic mass is 10.1. The number of nitrogens with one attached hydrogen (secondary N) is 1. The van der Waals surface area contributed by atoms with Gasteiger partial charge >= 0.3 is 0 Å². The Kier molecular flexibility index (Phi) is 8.01. The lowest BCUT2D eigenvalue weighted by molar-refractivity contribution is 0.104. The Morgan fingerprint density at radius 1 is 1.11 bits per heavy atom. The highest BCUT2D eigenvalue weighted by Crippen LogP contribution is 2.35. The molecule has 6 heteroatoms. The molecule has 0 fully saturated rings. The van der Waals surface area contributed by atoms with Crippen LogP contribution >= 0.6 is 11.6 Å². The van der Waals surface area contributed by atoms with E-state index in [1.165, 1.54) is 13.2 Å². The fraction of sp³-hybridized carbons (Fsp3) is 0.286. The van der Waals surface area contributed by atoms with E-state index in [9.17, 15) is 4.79 Å². The number of benzene rings is 2. The summed E-state index contributed by atoms with van der Waals surface area (Å²) >= 11 is 6.13. The number of hydrogen-bond acceptors (Lipinski definition) is 5. The highest BCUT2D eigenvalue weighted by Gasteiger charge is 2.09. The van der Waals surface area contributed by atoms with Gasteiger partial charge in [-0.1, -0.05) is 24.9 Å². The first-order chi connectivity index (χ1) is 13.1. The minimum Gasteiger partial charge on any atom is -0.495 e. The summed E-state index contributed by atoms with van der Waals surface area (Å²) in [6.45, 7) is 2.79. The Labute approximate surface area is 164 Å². The van der Waals surface area contributed by atoms with Gasteiger partial charge in [0.05, 0.1) is 31.5 Å². The summed E-state index contributed by atoms with van der Waals surface area (Å²) in [4.78, 5) is 12.3. The van der Waals surface area contributed by atoms with E-state index in [0.29, 0.717) is 34.4 Å². The molecule has 0 radical (unpaired) electrons. The molecule has 0 aliphatic heterocycles. The van der Waals surface area contributed by atoms with Crippen LogP contribution in [0.5, 0.6) is 17.2 Å². The second-order valence-electron chi connectivity index (χ2n) is 5.76. The van der Waals surface area contributed by atoms with Crippen LogP contribution in [0.3, 0.4) is 0 Å². The maximum Gasteiger partial charge on any atom is 0.187 e. The van der Waals surface area contributed by atoms with Crippen molar-refractivity contribution in [2.24, 2.45) is 0 Å². The van der Waals surface area contributed by atoms with Crippen LogP contribution in [-0.2, 0) is 0 Å². The predicted molar refractivity (Wildman–Crippen MR) is 108 cm³/mol. The van der Waals surface area contributed by atoms with Crippen LogP contribution in [0.25, 0.3) is 0 Å². The third kappa shape index (κ3) is 5.93. The van der Waals surface area contributed by atoms with Gasteiger partial charge in [-0.3, -0.25) is 4.79 Å². The number of hydrogen-bond donors (Lipinski definition) is 1. The Hall–Kier alpha value is -2.66. The molecular weight excluding hydrogens is 366 g/mol. The first-order valence-electron chi connectivity index (χ1n) is 8.70. The third-order valence-corrected chi connectivity index (χ3v) is 4.15. The van der Waals surface area contributed by atoms with Crippen molar-refractivity contribution in [2.75, 3.05) is 26.1 Å². The molecule has 0 bridgehead atoms. The van der Waals surface area contributed by atoms with Gasteiger partial charge in [-0.15, -0.1) is 0 Å². The van der Waals surface area contributed by atoms with Gasteiger partial charge in [0, 0.05) is 23.9 Å². The van der Waals surface area contributed by atoms with Crippen LogP contribution in [0.15, 0.2) is 48.7 Å². The van der Waals surface area contributed by atoms with Crippen molar-refractivity contribution in [1.29, 1.82) is 0 Å². The van der Waals surface area contributed by atoms with Gasteiger partial charge in [0.2, 0.25) is 0 Å². The van der Waals surface area contributed by atoms with E-state index in [1.54, 1.807) is 49.7 Å². The van der Waals surface area contributed by atoms with E-state index >= 15 is 0 Å². The van der Waals surface area contributed by atoms with E-state index < -0.39 is 0 Å². The van der Waals surface area contributed by atoms with Crippen molar-refractivity contribution in [3.63, 3.8) is 0 Å². The summed E-state index contributed by atoms with van der Waals surface area (Å²) in [7, 11) is 3.08. The van der Waals surface area contributed by atoms with Gasteiger partial charge in [-0.25, -0.2) is 0 Å². The summed E-state index contributed by atoms with van der Waals surface area (Å²) in [6.07, 6.45) is 5.09. The standard InChI is InChI=1S/C21H24ClNO4/c1-4-5-12-27-16-8-6-15(7-9-16)19(24)10-11-23-18-13-17(22)20(25-2)14-21(18)26-3/h6-11,13-14,23H,4-5,12H2,1-3H3/b11-10+. The van der Waals surface area contributed by atoms with Crippen molar-refractivity contribution in [2.45, 2.75) is 19.8 Å². The summed E-state index contributed by atoms with van der Waals surface area (Å²) in [6, 6.07) is 10.5. The van der Waals surface area contributed by atoms with E-state index in [2.05, 4.69) is 12.2 Å². The molecule has 1 N–H and O–H groups in total. The van der Waals surface area contributed by atoms with Crippen molar-refractivity contribution >= 4 is 23.1 Å². The summed E-state index contributed by atoms with van der Waals surface area (Å²) in [5.74, 6) is 1.71. The normalized spacial score (nSPS) is 10.7. The number of methoxy groups -OCH3 is 2. The number of carbonyl (C=O) groups excluding carboxylic acids is 1. The molecule has 144 valence electrons. The van der Waals surface area contributed by atoms with E-state index in [0.717, 1.165) is 18.6 Å². The molecule has 0 saturated heterocycles. The molecule has 0 aliphatic carbocycles. The van der Waals surface area contributed by atoms with Crippen molar-refractivity contribution in [3.05, 3.63) is 59.3 Å². The number of unbranched alkanes of at least 4 members (excludes halogenated alkanes) is 1. The number of halogens is 1. The maximum atomic E-state index is 12.3. The Bertz CT molecular complexity index is 788. The Morgan fingerprint density at radius 3 is 2.44 bits per heavy atom.